The maximum atomic E-state index is 2.39. The molecule has 0 aromatic carbocycles. The molecule has 0 fully saturated rings. The average molecular weight is 328 g/mol. The smallest absolute Gasteiger partial charge is 0.147 e. The number of rotatable bonds is 5. The summed E-state index contributed by atoms with van der Waals surface area (Å²) in [5.74, 6) is 0.749. The van der Waals surface area contributed by atoms with Crippen LogP contribution in [0.5, 0.6) is 0 Å². The van der Waals surface area contributed by atoms with Gasteiger partial charge in [-0.2, -0.15) is 0 Å². The van der Waals surface area contributed by atoms with Gasteiger partial charge < -0.3 is 0 Å². The van der Waals surface area contributed by atoms with Crippen LogP contribution in [-0.2, 0) is 19.2 Å². The monoisotopic (exact) mass is 327 g/mol. The van der Waals surface area contributed by atoms with Crippen LogP contribution in [0.3, 0.4) is 0 Å². The Morgan fingerprint density at radius 3 is 2.00 bits per heavy atom. The number of halogens is 2. The van der Waals surface area contributed by atoms with Gasteiger partial charge in [0.15, 0.2) is 0 Å². The first-order valence-corrected chi connectivity index (χ1v) is 8.10. The summed E-state index contributed by atoms with van der Waals surface area (Å²) in [7, 11) is 4.33. The second-order valence-corrected chi connectivity index (χ2v) is 7.33. The van der Waals surface area contributed by atoms with Crippen LogP contribution in [0, 0.1) is 5.92 Å². The normalized spacial score (nSPS) is 18.9. The van der Waals surface area contributed by atoms with Gasteiger partial charge in [-0.15, -0.1) is 24.8 Å². The van der Waals surface area contributed by atoms with Crippen LogP contribution in [0.25, 0.3) is 0 Å². The summed E-state index contributed by atoms with van der Waals surface area (Å²) < 4.78 is 3.27. The van der Waals surface area contributed by atoms with Crippen LogP contribution in [0.2, 0.25) is 4.73 Å². The van der Waals surface area contributed by atoms with Crippen molar-refractivity contribution in [3.63, 3.8) is 0 Å². The van der Waals surface area contributed by atoms with Gasteiger partial charge in [0.05, 0.1) is 0 Å². The van der Waals surface area contributed by atoms with E-state index < -0.39 is 0 Å². The third-order valence-electron chi connectivity index (χ3n) is 3.74. The zero-order valence-corrected chi connectivity index (χ0v) is 15.7. The molecular formula is C14H27Cl2NTi. The van der Waals surface area contributed by atoms with Crippen molar-refractivity contribution in [3.8, 4) is 0 Å². The van der Waals surface area contributed by atoms with Crippen LogP contribution >= 0.6 is 24.8 Å². The summed E-state index contributed by atoms with van der Waals surface area (Å²) >= 11 is 0.127. The van der Waals surface area contributed by atoms with Gasteiger partial charge in [0.25, 0.3) is 0 Å². The van der Waals surface area contributed by atoms with E-state index >= 15 is 0 Å². The van der Waals surface area contributed by atoms with E-state index in [2.05, 4.69) is 46.7 Å². The van der Waals surface area contributed by atoms with Gasteiger partial charge in [-0.3, -0.25) is 0 Å². The van der Waals surface area contributed by atoms with Gasteiger partial charge in [0, 0.05) is 0 Å². The van der Waals surface area contributed by atoms with E-state index in [0.29, 0.717) is 0 Å². The fourth-order valence-electron chi connectivity index (χ4n) is 2.27. The van der Waals surface area contributed by atoms with Gasteiger partial charge in [-0.05, 0) is 0 Å². The summed E-state index contributed by atoms with van der Waals surface area (Å²) in [6.45, 7) is 10.6. The molecule has 1 atom stereocenters. The van der Waals surface area contributed by atoms with Crippen molar-refractivity contribution in [1.29, 1.82) is 0 Å². The van der Waals surface area contributed by atoms with Gasteiger partial charge in [-0.1, -0.05) is 0 Å². The second-order valence-electron chi connectivity index (χ2n) is 5.15. The van der Waals surface area contributed by atoms with Crippen molar-refractivity contribution in [2.24, 2.45) is 5.92 Å². The van der Waals surface area contributed by atoms with Crippen molar-refractivity contribution < 1.29 is 19.2 Å². The van der Waals surface area contributed by atoms with E-state index in [1.54, 1.807) is 16.7 Å². The number of nitrogens with zero attached hydrogens (tertiary/aromatic N) is 1. The third kappa shape index (κ3) is 5.39. The first-order chi connectivity index (χ1) is 7.45. The fraction of sp³-hybridized carbons (Fsp3) is 0.714. The molecule has 0 aliphatic heterocycles. The predicted octanol–water partition coefficient (Wildman–Crippen LogP) is 4.54. The zero-order chi connectivity index (χ0) is 12.3. The SMILES string of the molecule is CC1=C(C)C(C)[C]([Ti][CH2]CCN(C)C)=C1C.Cl.Cl. The number of hydrogen-bond acceptors (Lipinski definition) is 1. The maximum Gasteiger partial charge on any atom is -0.147 e. The Morgan fingerprint density at radius 2 is 1.61 bits per heavy atom. The van der Waals surface area contributed by atoms with E-state index in [9.17, 15) is 0 Å². The van der Waals surface area contributed by atoms with Crippen molar-refractivity contribution in [2.45, 2.75) is 38.8 Å². The largest absolute Gasteiger partial charge is 0.147 e. The minimum Gasteiger partial charge on any atom is -0.147 e. The third-order valence-corrected chi connectivity index (χ3v) is 6.54. The Balaban J connectivity index is 0. The first-order valence-electron chi connectivity index (χ1n) is 6.22. The Morgan fingerprint density at radius 1 is 1.06 bits per heavy atom. The molecule has 0 aromatic rings. The van der Waals surface area contributed by atoms with Crippen molar-refractivity contribution in [1.82, 2.24) is 4.90 Å². The van der Waals surface area contributed by atoms with E-state index in [0.717, 1.165) is 5.92 Å². The molecule has 0 saturated heterocycles. The van der Waals surface area contributed by atoms with Crippen LogP contribution in [-0.4, -0.2) is 25.5 Å². The zero-order valence-electron chi connectivity index (χ0n) is 12.5. The Hall–Kier alpha value is 0.734. The molecule has 0 radical (unpaired) electrons. The maximum absolute atomic E-state index is 2.39. The molecular weight excluding hydrogens is 301 g/mol. The molecule has 0 amide bonds. The summed E-state index contributed by atoms with van der Waals surface area (Å²) in [5.41, 5.74) is 4.80. The molecule has 0 saturated carbocycles. The van der Waals surface area contributed by atoms with Crippen LogP contribution in [0.4, 0.5) is 0 Å². The summed E-state index contributed by atoms with van der Waals surface area (Å²) in [6, 6.07) is 0. The topological polar surface area (TPSA) is 3.24 Å². The molecule has 1 rings (SSSR count). The molecule has 1 aliphatic carbocycles. The molecule has 1 nitrogen and oxygen atoms in total. The van der Waals surface area contributed by atoms with Crippen LogP contribution in [0.1, 0.15) is 34.1 Å². The van der Waals surface area contributed by atoms with Crippen molar-refractivity contribution in [3.05, 3.63) is 20.6 Å². The molecule has 18 heavy (non-hydrogen) atoms. The van der Waals surface area contributed by atoms with E-state index in [-0.39, 0.29) is 44.0 Å². The summed E-state index contributed by atoms with van der Waals surface area (Å²) in [5, 5.41) is 0. The predicted molar refractivity (Wildman–Crippen MR) is 82.7 cm³/mol. The molecule has 0 heterocycles. The fourth-order valence-corrected chi connectivity index (χ4v) is 4.73. The van der Waals surface area contributed by atoms with Gasteiger partial charge >= 0.3 is 110 Å². The van der Waals surface area contributed by atoms with Crippen LogP contribution < -0.4 is 0 Å². The van der Waals surface area contributed by atoms with Crippen molar-refractivity contribution in [2.75, 3.05) is 20.6 Å². The van der Waals surface area contributed by atoms with E-state index in [1.807, 2.05) is 3.88 Å². The van der Waals surface area contributed by atoms with Gasteiger partial charge in [-0.25, -0.2) is 0 Å². The first kappa shape index (κ1) is 21.0. The second kappa shape index (κ2) is 9.61. The quantitative estimate of drug-likeness (QED) is 0.529. The molecule has 0 N–H and O–H groups in total. The molecule has 4 heteroatoms. The molecule has 1 unspecified atom stereocenters. The Labute approximate surface area is 134 Å². The Kier molecular flexibility index (Phi) is 11.2. The summed E-state index contributed by atoms with van der Waals surface area (Å²) in [6.07, 6.45) is 1.37. The minimum atomic E-state index is 0. The van der Waals surface area contributed by atoms with Crippen molar-refractivity contribution >= 4 is 24.8 Å². The summed E-state index contributed by atoms with van der Waals surface area (Å²) in [4.78, 5) is 2.29. The van der Waals surface area contributed by atoms with Gasteiger partial charge in [0.2, 0.25) is 0 Å². The standard InChI is InChI=1S/C9H13.C5H12N.2ClH.Ti/c1-6-5-7(2)9(4)8(6)3;1-4-5-6(2)3;;;/h6H,1-4H3;1,4-5H2,2-3H3;2*1H;. The average Bonchev–Trinajstić information content (AvgIpc) is 2.40. The molecule has 106 valence electrons. The molecule has 0 aromatic heterocycles. The van der Waals surface area contributed by atoms with E-state index in [1.165, 1.54) is 17.7 Å². The van der Waals surface area contributed by atoms with E-state index in [4.69, 9.17) is 0 Å². The number of allylic oxidation sites excluding steroid dienone is 4. The minimum absolute atomic E-state index is 0. The number of hydrogen-bond donors (Lipinski definition) is 0. The van der Waals surface area contributed by atoms with Crippen LogP contribution in [0.15, 0.2) is 20.6 Å². The Bertz CT molecular complexity index is 322. The van der Waals surface area contributed by atoms with Gasteiger partial charge in [0.1, 0.15) is 0 Å². The molecule has 0 bridgehead atoms. The molecule has 0 spiro atoms. The molecule has 1 aliphatic rings.